The van der Waals surface area contributed by atoms with Crippen LogP contribution in [0.4, 0.5) is 17.5 Å². The smallest absolute Gasteiger partial charge is 0.321 e. The first-order chi connectivity index (χ1) is 15.5. The molecule has 1 aliphatic rings. The van der Waals surface area contributed by atoms with E-state index in [-0.39, 0.29) is 17.9 Å². The summed E-state index contributed by atoms with van der Waals surface area (Å²) in [6.07, 6.45) is 6.39. The zero-order chi connectivity index (χ0) is 22.5. The SMILES string of the molecule is COC(=O)C[C@H]1CC[C@H](c2ccc(NC(=O)c3nnc(Nc4ccn(C)n4)o3)cc2)CC1. The number of nitrogens with zero attached hydrogens (tertiary/aromatic N) is 4. The Morgan fingerprint density at radius 1 is 1.12 bits per heavy atom. The number of methoxy groups -OCH3 is 1. The number of amides is 1. The Balaban J connectivity index is 1.29. The van der Waals surface area contributed by atoms with Gasteiger partial charge in [0.25, 0.3) is 0 Å². The third kappa shape index (κ3) is 5.32. The van der Waals surface area contributed by atoms with Crippen molar-refractivity contribution in [1.82, 2.24) is 20.0 Å². The van der Waals surface area contributed by atoms with Crippen LogP contribution in [0.2, 0.25) is 0 Å². The number of hydrogen-bond donors (Lipinski definition) is 2. The Bertz CT molecular complexity index is 1070. The van der Waals surface area contributed by atoms with Crippen molar-refractivity contribution >= 4 is 29.4 Å². The van der Waals surface area contributed by atoms with Gasteiger partial charge in [-0.3, -0.25) is 19.6 Å². The zero-order valence-electron chi connectivity index (χ0n) is 18.1. The molecule has 10 heteroatoms. The average Bonchev–Trinajstić information content (AvgIpc) is 3.44. The van der Waals surface area contributed by atoms with Gasteiger partial charge in [-0.05, 0) is 55.2 Å². The zero-order valence-corrected chi connectivity index (χ0v) is 18.1. The van der Waals surface area contributed by atoms with E-state index in [1.807, 2.05) is 24.3 Å². The molecule has 1 aliphatic carbocycles. The maximum Gasteiger partial charge on any atom is 0.321 e. The number of aromatic nitrogens is 4. The predicted molar refractivity (Wildman–Crippen MR) is 117 cm³/mol. The van der Waals surface area contributed by atoms with Gasteiger partial charge >= 0.3 is 23.8 Å². The highest BCUT2D eigenvalue weighted by Gasteiger charge is 2.24. The molecule has 3 aromatic rings. The minimum Gasteiger partial charge on any atom is -0.469 e. The van der Waals surface area contributed by atoms with Crippen molar-refractivity contribution < 1.29 is 18.7 Å². The molecule has 2 aromatic heterocycles. The fourth-order valence-electron chi connectivity index (χ4n) is 4.00. The third-order valence-corrected chi connectivity index (χ3v) is 5.74. The first-order valence-corrected chi connectivity index (χ1v) is 10.6. The van der Waals surface area contributed by atoms with E-state index >= 15 is 0 Å². The van der Waals surface area contributed by atoms with Gasteiger partial charge in [0.1, 0.15) is 0 Å². The maximum absolute atomic E-state index is 12.4. The topological polar surface area (TPSA) is 124 Å². The predicted octanol–water partition coefficient (Wildman–Crippen LogP) is 3.64. The second-order valence-corrected chi connectivity index (χ2v) is 7.99. The summed E-state index contributed by atoms with van der Waals surface area (Å²) in [6.45, 7) is 0. The van der Waals surface area contributed by atoms with Gasteiger partial charge in [0.05, 0.1) is 7.11 Å². The Labute approximate surface area is 185 Å². The molecule has 0 unspecified atom stereocenters. The number of carbonyl (C=O) groups is 2. The summed E-state index contributed by atoms with van der Waals surface area (Å²) < 4.78 is 11.8. The lowest BCUT2D eigenvalue weighted by Gasteiger charge is -2.28. The van der Waals surface area contributed by atoms with Crippen LogP contribution in [0.5, 0.6) is 0 Å². The Morgan fingerprint density at radius 3 is 2.53 bits per heavy atom. The number of aryl methyl sites for hydroxylation is 1. The largest absolute Gasteiger partial charge is 0.469 e. The quantitative estimate of drug-likeness (QED) is 0.536. The third-order valence-electron chi connectivity index (χ3n) is 5.74. The lowest BCUT2D eigenvalue weighted by atomic mass is 9.77. The number of ether oxygens (including phenoxy) is 1. The van der Waals surface area contributed by atoms with Crippen molar-refractivity contribution in [1.29, 1.82) is 0 Å². The molecule has 10 nitrogen and oxygen atoms in total. The van der Waals surface area contributed by atoms with E-state index in [2.05, 4.69) is 25.9 Å². The maximum atomic E-state index is 12.4. The van der Waals surface area contributed by atoms with Crippen molar-refractivity contribution in [2.45, 2.75) is 38.0 Å². The van der Waals surface area contributed by atoms with Gasteiger partial charge in [-0.1, -0.05) is 17.2 Å². The minimum absolute atomic E-state index is 0.0898. The molecule has 4 rings (SSSR count). The van der Waals surface area contributed by atoms with E-state index in [9.17, 15) is 9.59 Å². The molecular weight excluding hydrogens is 412 g/mol. The second-order valence-electron chi connectivity index (χ2n) is 7.99. The van der Waals surface area contributed by atoms with Crippen LogP contribution in [-0.2, 0) is 16.6 Å². The number of esters is 1. The molecule has 0 spiro atoms. The highest BCUT2D eigenvalue weighted by atomic mass is 16.5. The van der Waals surface area contributed by atoms with Crippen molar-refractivity contribution in [2.24, 2.45) is 13.0 Å². The molecule has 1 amide bonds. The van der Waals surface area contributed by atoms with Crippen LogP contribution < -0.4 is 10.6 Å². The van der Waals surface area contributed by atoms with Gasteiger partial charge in [0, 0.05) is 31.4 Å². The summed E-state index contributed by atoms with van der Waals surface area (Å²) in [6, 6.07) is 9.64. The molecule has 0 aliphatic heterocycles. The molecular formula is C22H26N6O4. The molecule has 168 valence electrons. The Kier molecular flexibility index (Phi) is 6.48. The Morgan fingerprint density at radius 2 is 1.88 bits per heavy atom. The van der Waals surface area contributed by atoms with E-state index in [1.54, 1.807) is 24.0 Å². The number of benzene rings is 1. The van der Waals surface area contributed by atoms with Crippen LogP contribution in [0.3, 0.4) is 0 Å². The first-order valence-electron chi connectivity index (χ1n) is 10.6. The van der Waals surface area contributed by atoms with Crippen LogP contribution in [0.15, 0.2) is 40.9 Å². The molecule has 1 saturated carbocycles. The summed E-state index contributed by atoms with van der Waals surface area (Å²) in [5.41, 5.74) is 1.88. The summed E-state index contributed by atoms with van der Waals surface area (Å²) in [4.78, 5) is 23.9. The van der Waals surface area contributed by atoms with Gasteiger partial charge in [-0.2, -0.15) is 5.10 Å². The van der Waals surface area contributed by atoms with Crippen molar-refractivity contribution in [3.05, 3.63) is 48.0 Å². The highest BCUT2D eigenvalue weighted by molar-refractivity contribution is 6.00. The standard InChI is InChI=1S/C22H26N6O4/c1-28-12-11-18(27-28)24-22-26-25-21(32-22)20(30)23-17-9-7-16(8-10-17)15-5-3-14(4-6-15)13-19(29)31-2/h7-12,14-15H,3-6,13H2,1-2H3,(H,23,30)(H,24,26,27)/t14-,15-. The van der Waals surface area contributed by atoms with Crippen molar-refractivity contribution in [3.63, 3.8) is 0 Å². The van der Waals surface area contributed by atoms with Gasteiger partial charge < -0.3 is 14.5 Å². The van der Waals surface area contributed by atoms with Crippen LogP contribution in [-0.4, -0.2) is 39.0 Å². The summed E-state index contributed by atoms with van der Waals surface area (Å²) in [5, 5.41) is 17.4. The molecule has 2 N–H and O–H groups in total. The molecule has 2 heterocycles. The van der Waals surface area contributed by atoms with Gasteiger partial charge in [-0.15, -0.1) is 5.10 Å². The number of rotatable bonds is 7. The van der Waals surface area contributed by atoms with Crippen LogP contribution >= 0.6 is 0 Å². The Hall–Kier alpha value is -3.69. The van der Waals surface area contributed by atoms with Gasteiger partial charge in [-0.25, -0.2) is 0 Å². The fraction of sp³-hybridized carbons (Fsp3) is 0.409. The number of nitrogens with one attached hydrogen (secondary N) is 2. The molecule has 1 fully saturated rings. The van der Waals surface area contributed by atoms with E-state index in [0.29, 0.717) is 29.8 Å². The van der Waals surface area contributed by atoms with E-state index < -0.39 is 5.91 Å². The first kappa shape index (κ1) is 21.5. The number of anilines is 3. The normalized spacial score (nSPS) is 18.2. The molecule has 0 bridgehead atoms. The van der Waals surface area contributed by atoms with Crippen molar-refractivity contribution in [3.8, 4) is 0 Å². The molecule has 0 radical (unpaired) electrons. The molecule has 0 saturated heterocycles. The fourth-order valence-corrected chi connectivity index (χ4v) is 4.00. The highest BCUT2D eigenvalue weighted by Crippen LogP contribution is 2.37. The van der Waals surface area contributed by atoms with Crippen LogP contribution in [0.25, 0.3) is 0 Å². The van der Waals surface area contributed by atoms with Gasteiger partial charge in [0.15, 0.2) is 5.82 Å². The van der Waals surface area contributed by atoms with Crippen LogP contribution in [0.1, 0.15) is 54.3 Å². The number of carbonyl (C=O) groups excluding carboxylic acids is 2. The van der Waals surface area contributed by atoms with E-state index in [0.717, 1.165) is 25.7 Å². The van der Waals surface area contributed by atoms with Crippen LogP contribution in [0, 0.1) is 5.92 Å². The second kappa shape index (κ2) is 9.63. The van der Waals surface area contributed by atoms with Gasteiger partial charge in [0.2, 0.25) is 0 Å². The van der Waals surface area contributed by atoms with E-state index in [4.69, 9.17) is 9.15 Å². The molecule has 0 atom stereocenters. The molecule has 1 aromatic carbocycles. The monoisotopic (exact) mass is 438 g/mol. The number of hydrogen-bond acceptors (Lipinski definition) is 8. The molecule has 32 heavy (non-hydrogen) atoms. The minimum atomic E-state index is -0.484. The lowest BCUT2D eigenvalue weighted by molar-refractivity contribution is -0.142. The lowest BCUT2D eigenvalue weighted by Crippen LogP contribution is -2.17. The van der Waals surface area contributed by atoms with Crippen molar-refractivity contribution in [2.75, 3.05) is 17.7 Å². The van der Waals surface area contributed by atoms with E-state index in [1.165, 1.54) is 12.7 Å². The average molecular weight is 438 g/mol. The summed E-state index contributed by atoms with van der Waals surface area (Å²) >= 11 is 0. The summed E-state index contributed by atoms with van der Waals surface area (Å²) in [7, 11) is 3.23. The summed E-state index contributed by atoms with van der Waals surface area (Å²) in [5.74, 6) is 0.653.